The van der Waals surface area contributed by atoms with Crippen LogP contribution in [0.15, 0.2) is 24.3 Å². The third-order valence-corrected chi connectivity index (χ3v) is 1.48. The fourth-order valence-electron chi connectivity index (χ4n) is 0.329. The van der Waals surface area contributed by atoms with Gasteiger partial charge in [-0.15, -0.1) is 0 Å². The minimum Gasteiger partial charge on any atom is -0.0950 e. The Bertz CT molecular complexity index is 92.6. The predicted molar refractivity (Wildman–Crippen MR) is 42.4 cm³/mol. The largest absolute Gasteiger partial charge is 0.0950 e. The van der Waals surface area contributed by atoms with Crippen molar-refractivity contribution >= 4 is 15.9 Å². The van der Waals surface area contributed by atoms with Gasteiger partial charge < -0.3 is 0 Å². The molecule has 0 rings (SSSR count). The molecule has 0 nitrogen and oxygen atoms in total. The van der Waals surface area contributed by atoms with E-state index in [-0.39, 0.29) is 0 Å². The maximum Gasteiger partial charge on any atom is 0.0277 e. The van der Waals surface area contributed by atoms with E-state index in [9.17, 15) is 0 Å². The Balaban J connectivity index is 3.37. The summed E-state index contributed by atoms with van der Waals surface area (Å²) in [6, 6.07) is 0. The van der Waals surface area contributed by atoms with Crippen LogP contribution in [0.1, 0.15) is 13.3 Å². The molecule has 0 saturated carbocycles. The minimum atomic E-state index is 0.878. The lowest BCUT2D eigenvalue weighted by atomic mass is 10.3. The summed E-state index contributed by atoms with van der Waals surface area (Å²) in [6.07, 6.45) is 5.23. The second-order valence-corrected chi connectivity index (χ2v) is 2.16. The summed E-state index contributed by atoms with van der Waals surface area (Å²) < 4.78 is 0. The Hall–Kier alpha value is -0.0400. The van der Waals surface area contributed by atoms with Crippen molar-refractivity contribution in [3.05, 3.63) is 24.3 Å². The summed E-state index contributed by atoms with van der Waals surface area (Å²) in [7, 11) is 0. The first kappa shape index (κ1) is 7.96. The standard InChI is InChI=1S/C7H11Br/c1-3-4-5-7(2)6-8/h4-5H,2-3,6H2,1H3/b5-4+. The summed E-state index contributed by atoms with van der Waals surface area (Å²) in [4.78, 5) is 0. The number of allylic oxidation sites excluding steroid dienone is 3. The molecule has 0 unspecified atom stereocenters. The highest BCUT2D eigenvalue weighted by atomic mass is 79.9. The summed E-state index contributed by atoms with van der Waals surface area (Å²) in [6.45, 7) is 5.89. The molecule has 8 heavy (non-hydrogen) atoms. The molecule has 0 fully saturated rings. The molecule has 0 bridgehead atoms. The van der Waals surface area contributed by atoms with Crippen LogP contribution in [0.5, 0.6) is 0 Å². The molecule has 1 heteroatoms. The van der Waals surface area contributed by atoms with Crippen LogP contribution in [0, 0.1) is 0 Å². The van der Waals surface area contributed by atoms with Crippen molar-refractivity contribution < 1.29 is 0 Å². The first-order valence-corrected chi connectivity index (χ1v) is 3.83. The zero-order valence-corrected chi connectivity index (χ0v) is 6.74. The second-order valence-electron chi connectivity index (χ2n) is 1.60. The number of alkyl halides is 1. The summed E-state index contributed by atoms with van der Waals surface area (Å²) in [5.74, 6) is 0. The maximum absolute atomic E-state index is 3.78. The van der Waals surface area contributed by atoms with Crippen molar-refractivity contribution in [3.8, 4) is 0 Å². The molecule has 0 spiro atoms. The van der Waals surface area contributed by atoms with Crippen molar-refractivity contribution in [2.45, 2.75) is 13.3 Å². The van der Waals surface area contributed by atoms with Crippen LogP contribution < -0.4 is 0 Å². The maximum atomic E-state index is 3.78. The molecular formula is C7H11Br. The molecule has 0 aromatic carbocycles. The van der Waals surface area contributed by atoms with E-state index < -0.39 is 0 Å². The Morgan fingerprint density at radius 1 is 1.75 bits per heavy atom. The zero-order valence-electron chi connectivity index (χ0n) is 5.15. The van der Waals surface area contributed by atoms with Gasteiger partial charge in [0.25, 0.3) is 0 Å². The smallest absolute Gasteiger partial charge is 0.0277 e. The van der Waals surface area contributed by atoms with E-state index in [4.69, 9.17) is 0 Å². The van der Waals surface area contributed by atoms with Gasteiger partial charge >= 0.3 is 0 Å². The Morgan fingerprint density at radius 3 is 2.75 bits per heavy atom. The van der Waals surface area contributed by atoms with Gasteiger partial charge in [0.15, 0.2) is 0 Å². The van der Waals surface area contributed by atoms with Crippen LogP contribution in [-0.2, 0) is 0 Å². The van der Waals surface area contributed by atoms with E-state index in [1.165, 1.54) is 0 Å². The van der Waals surface area contributed by atoms with Crippen LogP contribution >= 0.6 is 15.9 Å². The monoisotopic (exact) mass is 174 g/mol. The third-order valence-electron chi connectivity index (χ3n) is 0.761. The van der Waals surface area contributed by atoms with Crippen LogP contribution in [-0.4, -0.2) is 5.33 Å². The highest BCUT2D eigenvalue weighted by molar-refractivity contribution is 9.09. The molecule has 46 valence electrons. The summed E-state index contributed by atoms with van der Waals surface area (Å²) >= 11 is 3.29. The molecule has 0 heterocycles. The van der Waals surface area contributed by atoms with Crippen molar-refractivity contribution in [2.24, 2.45) is 0 Å². The van der Waals surface area contributed by atoms with Crippen LogP contribution in [0.3, 0.4) is 0 Å². The zero-order chi connectivity index (χ0) is 6.41. The van der Waals surface area contributed by atoms with Crippen molar-refractivity contribution in [2.75, 3.05) is 5.33 Å². The number of rotatable bonds is 3. The van der Waals surface area contributed by atoms with Crippen molar-refractivity contribution in [1.29, 1.82) is 0 Å². The molecule has 0 saturated heterocycles. The molecule has 0 aliphatic heterocycles. The normalized spacial score (nSPS) is 10.2. The lowest BCUT2D eigenvalue weighted by Gasteiger charge is -1.86. The van der Waals surface area contributed by atoms with E-state index in [0.29, 0.717) is 0 Å². The topological polar surface area (TPSA) is 0 Å². The molecule has 0 radical (unpaired) electrons. The first-order chi connectivity index (χ1) is 3.81. The van der Waals surface area contributed by atoms with Gasteiger partial charge in [-0.1, -0.05) is 41.6 Å². The van der Waals surface area contributed by atoms with Gasteiger partial charge in [0.05, 0.1) is 0 Å². The highest BCUT2D eigenvalue weighted by Gasteiger charge is 1.78. The molecule has 0 aliphatic rings. The van der Waals surface area contributed by atoms with E-state index in [1.807, 2.05) is 6.08 Å². The fraction of sp³-hybridized carbons (Fsp3) is 0.429. The molecule has 0 aliphatic carbocycles. The van der Waals surface area contributed by atoms with E-state index in [2.05, 4.69) is 35.5 Å². The average Bonchev–Trinajstić information content (AvgIpc) is 1.83. The number of hydrogen-bond acceptors (Lipinski definition) is 0. The van der Waals surface area contributed by atoms with Crippen LogP contribution in [0.25, 0.3) is 0 Å². The van der Waals surface area contributed by atoms with Gasteiger partial charge in [0.2, 0.25) is 0 Å². The summed E-state index contributed by atoms with van der Waals surface area (Å²) in [5.41, 5.74) is 1.13. The van der Waals surface area contributed by atoms with Gasteiger partial charge in [-0.25, -0.2) is 0 Å². The van der Waals surface area contributed by atoms with Gasteiger partial charge in [-0.05, 0) is 12.0 Å². The minimum absolute atomic E-state index is 0.878. The molecule has 0 amide bonds. The van der Waals surface area contributed by atoms with Gasteiger partial charge in [0, 0.05) is 5.33 Å². The molecule has 0 aromatic rings. The molecule has 0 aromatic heterocycles. The van der Waals surface area contributed by atoms with Crippen molar-refractivity contribution in [3.63, 3.8) is 0 Å². The fourth-order valence-corrected chi connectivity index (χ4v) is 0.516. The number of halogens is 1. The van der Waals surface area contributed by atoms with E-state index in [0.717, 1.165) is 17.3 Å². The third kappa shape index (κ3) is 4.13. The van der Waals surface area contributed by atoms with Gasteiger partial charge in [-0.3, -0.25) is 0 Å². The quantitative estimate of drug-likeness (QED) is 0.457. The van der Waals surface area contributed by atoms with Gasteiger partial charge in [0.1, 0.15) is 0 Å². The average molecular weight is 175 g/mol. The Morgan fingerprint density at radius 2 is 2.38 bits per heavy atom. The molecular weight excluding hydrogens is 164 g/mol. The predicted octanol–water partition coefficient (Wildman–Crippen LogP) is 2.90. The SMILES string of the molecule is C=C(/C=C/CC)CBr. The van der Waals surface area contributed by atoms with Gasteiger partial charge in [-0.2, -0.15) is 0 Å². The number of hydrogen-bond donors (Lipinski definition) is 0. The van der Waals surface area contributed by atoms with Crippen molar-refractivity contribution in [1.82, 2.24) is 0 Å². The Kier molecular flexibility index (Phi) is 5.08. The summed E-state index contributed by atoms with van der Waals surface area (Å²) in [5, 5.41) is 0.878. The first-order valence-electron chi connectivity index (χ1n) is 2.71. The second kappa shape index (κ2) is 5.10. The molecule has 0 atom stereocenters. The lowest BCUT2D eigenvalue weighted by Crippen LogP contribution is -1.71. The van der Waals surface area contributed by atoms with E-state index >= 15 is 0 Å². The highest BCUT2D eigenvalue weighted by Crippen LogP contribution is 1.97. The van der Waals surface area contributed by atoms with Crippen LogP contribution in [0.4, 0.5) is 0 Å². The lowest BCUT2D eigenvalue weighted by molar-refractivity contribution is 1.22. The molecule has 0 N–H and O–H groups in total. The Labute approximate surface area is 59.4 Å². The van der Waals surface area contributed by atoms with Crippen LogP contribution in [0.2, 0.25) is 0 Å². The van der Waals surface area contributed by atoms with E-state index in [1.54, 1.807) is 0 Å².